The molecule has 1 atom stereocenters. The van der Waals surface area contributed by atoms with Crippen LogP contribution in [0.1, 0.15) is 24.1 Å². The zero-order chi connectivity index (χ0) is 17.9. The number of nitrogens with one attached hydrogen (secondary N) is 1. The molecule has 2 aromatic rings. The van der Waals surface area contributed by atoms with Gasteiger partial charge in [-0.2, -0.15) is 5.10 Å². The Hall–Kier alpha value is -2.84. The molecule has 1 amide bonds. The summed E-state index contributed by atoms with van der Waals surface area (Å²) in [5.74, 6) is -0.380. The van der Waals surface area contributed by atoms with Crippen LogP contribution in [0.25, 0.3) is 0 Å². The van der Waals surface area contributed by atoms with Gasteiger partial charge >= 0.3 is 5.97 Å². The van der Waals surface area contributed by atoms with Crippen LogP contribution in [-0.2, 0) is 21.4 Å². The van der Waals surface area contributed by atoms with Gasteiger partial charge in [-0.05, 0) is 32.9 Å². The lowest BCUT2D eigenvalue weighted by Crippen LogP contribution is -2.32. The molecule has 0 spiro atoms. The van der Waals surface area contributed by atoms with Gasteiger partial charge in [0.1, 0.15) is 5.76 Å². The molecule has 0 bridgehead atoms. The maximum absolute atomic E-state index is 12.1. The predicted molar refractivity (Wildman–Crippen MR) is 83.6 cm³/mol. The summed E-state index contributed by atoms with van der Waals surface area (Å²) in [5, 5.41) is 10.5. The molecule has 130 valence electrons. The van der Waals surface area contributed by atoms with Gasteiger partial charge in [-0.3, -0.25) is 9.48 Å². The molecule has 0 radical (unpaired) electrons. The van der Waals surface area contributed by atoms with Crippen molar-refractivity contribution in [1.82, 2.24) is 14.9 Å². The molecule has 0 saturated carbocycles. The first-order valence-corrected chi connectivity index (χ1v) is 7.34. The van der Waals surface area contributed by atoms with Gasteiger partial charge in [0.25, 0.3) is 11.8 Å². The third-order valence-corrected chi connectivity index (χ3v) is 3.38. The van der Waals surface area contributed by atoms with E-state index in [2.05, 4.69) is 15.6 Å². The van der Waals surface area contributed by atoms with E-state index in [1.165, 1.54) is 13.0 Å². The molecule has 24 heavy (non-hydrogen) atoms. The minimum Gasteiger partial charge on any atom is -0.463 e. The van der Waals surface area contributed by atoms with Gasteiger partial charge in [-0.1, -0.05) is 0 Å². The maximum Gasteiger partial charge on any atom is 0.345 e. The van der Waals surface area contributed by atoms with E-state index in [1.54, 1.807) is 25.6 Å². The first-order valence-electron chi connectivity index (χ1n) is 7.34. The van der Waals surface area contributed by atoms with Crippen molar-refractivity contribution in [2.45, 2.75) is 33.8 Å². The molecule has 9 heteroatoms. The fourth-order valence-corrected chi connectivity index (χ4v) is 2.01. The molecule has 0 aromatic carbocycles. The first-order chi connectivity index (χ1) is 11.3. The Kier molecular flexibility index (Phi) is 5.22. The quantitative estimate of drug-likeness (QED) is 0.792. The van der Waals surface area contributed by atoms with Crippen LogP contribution in [0.5, 0.6) is 5.88 Å². The van der Waals surface area contributed by atoms with Crippen molar-refractivity contribution >= 4 is 17.6 Å². The van der Waals surface area contributed by atoms with E-state index >= 15 is 0 Å². The van der Waals surface area contributed by atoms with Crippen LogP contribution in [0.4, 0.5) is 5.69 Å². The Morgan fingerprint density at radius 1 is 1.38 bits per heavy atom. The Morgan fingerprint density at radius 3 is 2.62 bits per heavy atom. The van der Waals surface area contributed by atoms with Gasteiger partial charge in [-0.15, -0.1) is 0 Å². The number of hydrogen-bond donors (Lipinski definition) is 1. The second kappa shape index (κ2) is 7.16. The molecule has 1 N–H and O–H groups in total. The first kappa shape index (κ1) is 17.5. The number of aryl methyl sites for hydroxylation is 3. The summed E-state index contributed by atoms with van der Waals surface area (Å²) in [6.45, 7) is 6.43. The molecular weight excluding hydrogens is 316 g/mol. The third-order valence-electron chi connectivity index (χ3n) is 3.38. The number of aromatic nitrogens is 3. The molecule has 0 fully saturated rings. The molecule has 2 rings (SSSR count). The molecule has 0 aliphatic carbocycles. The molecule has 2 aromatic heterocycles. The Labute approximate surface area is 138 Å². The van der Waals surface area contributed by atoms with Gasteiger partial charge in [0, 0.05) is 13.1 Å². The van der Waals surface area contributed by atoms with Gasteiger partial charge < -0.3 is 19.3 Å². The topological polar surface area (TPSA) is 108 Å². The summed E-state index contributed by atoms with van der Waals surface area (Å²) >= 11 is 0. The summed E-state index contributed by atoms with van der Waals surface area (Å²) in [6.07, 6.45) is -0.973. The van der Waals surface area contributed by atoms with Crippen LogP contribution in [0.15, 0.2) is 10.6 Å². The fourth-order valence-electron chi connectivity index (χ4n) is 2.01. The highest BCUT2D eigenvalue weighted by molar-refractivity contribution is 5.96. The average Bonchev–Trinajstić information content (AvgIpc) is 3.03. The summed E-state index contributed by atoms with van der Waals surface area (Å²) in [6, 6.07) is 1.54. The molecule has 9 nitrogen and oxygen atoms in total. The molecule has 0 aliphatic heterocycles. The minimum absolute atomic E-state index is 0.183. The summed E-state index contributed by atoms with van der Waals surface area (Å²) in [7, 11) is 1.78. The van der Waals surface area contributed by atoms with Gasteiger partial charge in [0.2, 0.25) is 0 Å². The Bertz CT molecular complexity index is 749. The lowest BCUT2D eigenvalue weighted by atomic mass is 10.3. The van der Waals surface area contributed by atoms with Gasteiger partial charge in [0.05, 0.1) is 17.1 Å². The summed E-state index contributed by atoms with van der Waals surface area (Å²) in [4.78, 5) is 23.9. The van der Waals surface area contributed by atoms with E-state index in [4.69, 9.17) is 14.0 Å². The zero-order valence-electron chi connectivity index (χ0n) is 14.2. The van der Waals surface area contributed by atoms with Crippen molar-refractivity contribution in [2.24, 2.45) is 7.05 Å². The highest BCUT2D eigenvalue weighted by Gasteiger charge is 2.21. The van der Waals surface area contributed by atoms with Crippen LogP contribution in [0.2, 0.25) is 0 Å². The van der Waals surface area contributed by atoms with E-state index in [1.807, 2.05) is 6.92 Å². The van der Waals surface area contributed by atoms with Crippen LogP contribution < -0.4 is 10.1 Å². The van der Waals surface area contributed by atoms with E-state index in [0.717, 1.165) is 5.69 Å². The smallest absolute Gasteiger partial charge is 0.345 e. The second-order valence-electron chi connectivity index (χ2n) is 5.36. The van der Waals surface area contributed by atoms with Crippen molar-refractivity contribution in [3.63, 3.8) is 0 Å². The predicted octanol–water partition coefficient (Wildman–Crippen LogP) is 1.28. The minimum atomic E-state index is -0.973. The SMILES string of the molecule is Cc1cc(OCC(=O)O[C@H](C)C(=O)Nc2c(C)nn(C)c2C)no1. The number of carbonyl (C=O) groups is 2. The number of esters is 1. The highest BCUT2D eigenvalue weighted by Crippen LogP contribution is 2.18. The molecule has 0 aliphatic rings. The van der Waals surface area contributed by atoms with E-state index in [9.17, 15) is 9.59 Å². The van der Waals surface area contributed by atoms with Gasteiger partial charge in [-0.25, -0.2) is 4.79 Å². The zero-order valence-corrected chi connectivity index (χ0v) is 14.2. The van der Waals surface area contributed by atoms with Crippen molar-refractivity contribution in [2.75, 3.05) is 11.9 Å². The number of hydrogen-bond acceptors (Lipinski definition) is 7. The maximum atomic E-state index is 12.1. The van der Waals surface area contributed by atoms with Gasteiger partial charge in [0.15, 0.2) is 12.7 Å². The molecule has 0 unspecified atom stereocenters. The van der Waals surface area contributed by atoms with E-state index in [-0.39, 0.29) is 12.5 Å². The average molecular weight is 336 g/mol. The lowest BCUT2D eigenvalue weighted by molar-refractivity contribution is -0.155. The number of nitrogens with zero attached hydrogens (tertiary/aromatic N) is 3. The largest absolute Gasteiger partial charge is 0.463 e. The third kappa shape index (κ3) is 4.12. The molecular formula is C15H20N4O5. The van der Waals surface area contributed by atoms with E-state index in [0.29, 0.717) is 17.1 Å². The Morgan fingerprint density at radius 2 is 2.08 bits per heavy atom. The van der Waals surface area contributed by atoms with Crippen LogP contribution in [-0.4, -0.2) is 39.5 Å². The fraction of sp³-hybridized carbons (Fsp3) is 0.467. The highest BCUT2D eigenvalue weighted by atomic mass is 16.6. The van der Waals surface area contributed by atoms with E-state index < -0.39 is 18.0 Å². The normalized spacial score (nSPS) is 11.9. The Balaban J connectivity index is 1.85. The van der Waals surface area contributed by atoms with Crippen LogP contribution >= 0.6 is 0 Å². The monoisotopic (exact) mass is 336 g/mol. The number of amides is 1. The van der Waals surface area contributed by atoms with Crippen molar-refractivity contribution in [1.29, 1.82) is 0 Å². The lowest BCUT2D eigenvalue weighted by Gasteiger charge is -2.13. The number of anilines is 1. The number of ether oxygens (including phenoxy) is 2. The summed E-state index contributed by atoms with van der Waals surface area (Å²) in [5.41, 5.74) is 2.11. The molecule has 0 saturated heterocycles. The van der Waals surface area contributed by atoms with Crippen molar-refractivity contribution < 1.29 is 23.6 Å². The van der Waals surface area contributed by atoms with Crippen LogP contribution in [0.3, 0.4) is 0 Å². The molecule has 2 heterocycles. The second-order valence-corrected chi connectivity index (χ2v) is 5.36. The summed E-state index contributed by atoms with van der Waals surface area (Å²) < 4.78 is 16.6. The number of rotatable bonds is 6. The standard InChI is InChI=1S/C15H20N4O5/c1-8-6-12(18-24-8)22-7-13(20)23-11(4)15(21)16-14-9(2)17-19(5)10(14)3/h6,11H,7H2,1-5H3,(H,16,21)/t11-/m1/s1. The van der Waals surface area contributed by atoms with Crippen molar-refractivity contribution in [3.8, 4) is 5.88 Å². The van der Waals surface area contributed by atoms with Crippen LogP contribution in [0, 0.1) is 20.8 Å². The number of carbonyl (C=O) groups excluding carboxylic acids is 2. The van der Waals surface area contributed by atoms with Crippen molar-refractivity contribution in [3.05, 3.63) is 23.2 Å².